The van der Waals surface area contributed by atoms with Crippen LogP contribution in [0.25, 0.3) is 6.08 Å². The SMILES string of the molecule is CCOC(=O)C1=C(C)N=c2s/c(=C\c3ccc(OCc4ccc(C#N)cc4)c(OCC)c3)c(=O)n2[C@H]1c1cc(OC)c(OC)cc1Br. The van der Waals surface area contributed by atoms with Crippen LogP contribution >= 0.6 is 27.3 Å². The molecule has 5 rings (SSSR count). The lowest BCUT2D eigenvalue weighted by molar-refractivity contribution is -0.139. The summed E-state index contributed by atoms with van der Waals surface area (Å²) < 4.78 is 30.9. The number of hydrogen-bond donors (Lipinski definition) is 0. The van der Waals surface area contributed by atoms with Gasteiger partial charge in [0.1, 0.15) is 6.61 Å². The van der Waals surface area contributed by atoms with E-state index in [0.717, 1.165) is 11.1 Å². The number of hydrogen-bond acceptors (Lipinski definition) is 10. The average molecular weight is 719 g/mol. The highest BCUT2D eigenvalue weighted by molar-refractivity contribution is 9.10. The van der Waals surface area contributed by atoms with E-state index in [1.165, 1.54) is 30.1 Å². The van der Waals surface area contributed by atoms with Gasteiger partial charge in [-0.25, -0.2) is 9.79 Å². The molecule has 0 N–H and O–H groups in total. The maximum absolute atomic E-state index is 14.2. The van der Waals surface area contributed by atoms with Crippen LogP contribution in [0.15, 0.2) is 80.1 Å². The summed E-state index contributed by atoms with van der Waals surface area (Å²) in [5.41, 5.74) is 3.18. The van der Waals surface area contributed by atoms with E-state index in [9.17, 15) is 9.59 Å². The Hall–Kier alpha value is -4.86. The number of methoxy groups -OCH3 is 2. The van der Waals surface area contributed by atoms with Crippen molar-refractivity contribution in [2.24, 2.45) is 4.99 Å². The van der Waals surface area contributed by atoms with Gasteiger partial charge in [-0.3, -0.25) is 9.36 Å². The Morgan fingerprint density at radius 3 is 2.38 bits per heavy atom. The van der Waals surface area contributed by atoms with E-state index in [1.807, 2.05) is 31.2 Å². The third-order valence-corrected chi connectivity index (χ3v) is 9.03. The van der Waals surface area contributed by atoms with Crippen LogP contribution in [0.3, 0.4) is 0 Å². The van der Waals surface area contributed by atoms with Gasteiger partial charge < -0.3 is 23.7 Å². The fourth-order valence-corrected chi connectivity index (χ4v) is 6.74. The smallest absolute Gasteiger partial charge is 0.338 e. The van der Waals surface area contributed by atoms with E-state index >= 15 is 0 Å². The molecule has 0 bridgehead atoms. The second-order valence-electron chi connectivity index (χ2n) is 10.3. The Labute approximate surface area is 283 Å². The number of benzene rings is 3. The number of fused-ring (bicyclic) bond motifs is 1. The maximum atomic E-state index is 14.2. The minimum Gasteiger partial charge on any atom is -0.493 e. The molecule has 10 nitrogen and oxygen atoms in total. The van der Waals surface area contributed by atoms with E-state index in [0.29, 0.717) is 60.2 Å². The minimum absolute atomic E-state index is 0.162. The van der Waals surface area contributed by atoms with Crippen molar-refractivity contribution in [3.63, 3.8) is 0 Å². The Bertz CT molecular complexity index is 2080. The average Bonchev–Trinajstić information content (AvgIpc) is 3.37. The first kappa shape index (κ1) is 33.5. The Kier molecular flexibility index (Phi) is 10.5. The third kappa shape index (κ3) is 6.96. The molecule has 0 spiro atoms. The minimum atomic E-state index is -0.849. The molecule has 0 radical (unpaired) electrons. The highest BCUT2D eigenvalue weighted by atomic mass is 79.9. The van der Waals surface area contributed by atoms with Crippen LogP contribution in [0, 0.1) is 11.3 Å². The van der Waals surface area contributed by atoms with Gasteiger partial charge in [0, 0.05) is 4.47 Å². The number of esters is 1. The van der Waals surface area contributed by atoms with Crippen molar-refractivity contribution in [2.75, 3.05) is 27.4 Å². The van der Waals surface area contributed by atoms with Gasteiger partial charge in [0.15, 0.2) is 27.8 Å². The molecule has 242 valence electrons. The molecule has 12 heteroatoms. The van der Waals surface area contributed by atoms with Gasteiger partial charge in [-0.15, -0.1) is 0 Å². The third-order valence-electron chi connectivity index (χ3n) is 7.36. The van der Waals surface area contributed by atoms with Gasteiger partial charge in [-0.2, -0.15) is 5.26 Å². The number of carbonyl (C=O) groups is 1. The van der Waals surface area contributed by atoms with E-state index < -0.39 is 12.0 Å². The van der Waals surface area contributed by atoms with Crippen LogP contribution in [-0.2, 0) is 16.1 Å². The second-order valence-corrected chi connectivity index (χ2v) is 12.1. The predicted molar refractivity (Wildman–Crippen MR) is 181 cm³/mol. The molecule has 3 aromatic carbocycles. The number of nitrogens with zero attached hydrogens (tertiary/aromatic N) is 3. The van der Waals surface area contributed by atoms with Crippen molar-refractivity contribution in [3.8, 4) is 29.1 Å². The number of carbonyl (C=O) groups excluding carboxylic acids is 1. The Morgan fingerprint density at radius 2 is 1.72 bits per heavy atom. The molecule has 1 atom stereocenters. The number of aromatic nitrogens is 1. The first-order valence-corrected chi connectivity index (χ1v) is 16.3. The van der Waals surface area contributed by atoms with Crippen molar-refractivity contribution >= 4 is 39.3 Å². The van der Waals surface area contributed by atoms with Gasteiger partial charge in [0.2, 0.25) is 0 Å². The number of allylic oxidation sites excluding steroid dienone is 1. The lowest BCUT2D eigenvalue weighted by atomic mass is 9.95. The van der Waals surface area contributed by atoms with Gasteiger partial charge in [-0.05, 0) is 79.9 Å². The first-order valence-electron chi connectivity index (χ1n) is 14.7. The molecule has 2 heterocycles. The number of ether oxygens (including phenoxy) is 5. The topological polar surface area (TPSA) is 121 Å². The largest absolute Gasteiger partial charge is 0.493 e. The molecule has 47 heavy (non-hydrogen) atoms. The maximum Gasteiger partial charge on any atom is 0.338 e. The second kappa shape index (κ2) is 14.7. The molecule has 0 saturated heterocycles. The summed E-state index contributed by atoms with van der Waals surface area (Å²) in [5, 5.41) is 9.05. The fraction of sp³-hybridized carbons (Fsp3) is 0.257. The summed E-state index contributed by atoms with van der Waals surface area (Å²) in [6.45, 7) is 6.20. The molecular weight excluding hydrogens is 686 g/mol. The van der Waals surface area contributed by atoms with Crippen LogP contribution in [-0.4, -0.2) is 38.0 Å². The summed E-state index contributed by atoms with van der Waals surface area (Å²) >= 11 is 4.84. The zero-order valence-corrected chi connectivity index (χ0v) is 28.9. The Balaban J connectivity index is 1.58. The van der Waals surface area contributed by atoms with Crippen molar-refractivity contribution in [1.29, 1.82) is 5.26 Å². The normalized spacial score (nSPS) is 14.1. The van der Waals surface area contributed by atoms with Crippen LogP contribution in [0.2, 0.25) is 0 Å². The molecular formula is C35H32BrN3O7S. The number of nitriles is 1. The molecule has 0 saturated carbocycles. The zero-order valence-electron chi connectivity index (χ0n) is 26.5. The molecule has 0 aliphatic carbocycles. The number of halogens is 1. The van der Waals surface area contributed by atoms with Crippen molar-refractivity contribution in [1.82, 2.24) is 4.57 Å². The van der Waals surface area contributed by atoms with Crippen molar-refractivity contribution in [2.45, 2.75) is 33.4 Å². The first-order chi connectivity index (χ1) is 22.7. The molecule has 4 aromatic rings. The fourth-order valence-electron chi connectivity index (χ4n) is 5.16. The molecule has 0 unspecified atom stereocenters. The van der Waals surface area contributed by atoms with Gasteiger partial charge in [0.05, 0.1) is 60.9 Å². The lowest BCUT2D eigenvalue weighted by Gasteiger charge is -2.26. The van der Waals surface area contributed by atoms with Gasteiger partial charge >= 0.3 is 5.97 Å². The zero-order chi connectivity index (χ0) is 33.7. The highest BCUT2D eigenvalue weighted by Crippen LogP contribution is 2.41. The van der Waals surface area contributed by atoms with Crippen LogP contribution in [0.1, 0.15) is 49.1 Å². The lowest BCUT2D eigenvalue weighted by Crippen LogP contribution is -2.40. The van der Waals surface area contributed by atoms with E-state index in [2.05, 4.69) is 27.0 Å². The van der Waals surface area contributed by atoms with Gasteiger partial charge in [0.25, 0.3) is 5.56 Å². The summed E-state index contributed by atoms with van der Waals surface area (Å²) in [6.07, 6.45) is 1.76. The molecule has 1 aromatic heterocycles. The molecule has 0 amide bonds. The summed E-state index contributed by atoms with van der Waals surface area (Å²) in [4.78, 5) is 32.6. The van der Waals surface area contributed by atoms with Gasteiger partial charge in [-0.1, -0.05) is 45.5 Å². The van der Waals surface area contributed by atoms with Crippen LogP contribution in [0.5, 0.6) is 23.0 Å². The highest BCUT2D eigenvalue weighted by Gasteiger charge is 2.35. The van der Waals surface area contributed by atoms with Crippen molar-refractivity contribution < 1.29 is 28.5 Å². The Morgan fingerprint density at radius 1 is 1.00 bits per heavy atom. The number of rotatable bonds is 11. The van der Waals surface area contributed by atoms with E-state index in [-0.39, 0.29) is 24.3 Å². The summed E-state index contributed by atoms with van der Waals surface area (Å²) in [6, 6.07) is 17.4. The quantitative estimate of drug-likeness (QED) is 0.189. The number of thiazole rings is 1. The van der Waals surface area contributed by atoms with E-state index in [4.69, 9.17) is 28.9 Å². The summed E-state index contributed by atoms with van der Waals surface area (Å²) in [5.74, 6) is 1.43. The van der Waals surface area contributed by atoms with Crippen LogP contribution in [0.4, 0.5) is 0 Å². The van der Waals surface area contributed by atoms with Crippen molar-refractivity contribution in [3.05, 3.63) is 112 Å². The summed E-state index contributed by atoms with van der Waals surface area (Å²) in [7, 11) is 3.06. The monoisotopic (exact) mass is 717 g/mol. The predicted octanol–water partition coefficient (Wildman–Crippen LogP) is 5.43. The molecule has 1 aliphatic rings. The standard InChI is InChI=1S/C35H32BrN3O7S/c1-6-44-29-14-23(12-13-26(29)46-19-22-10-8-21(18-37)9-11-22)15-30-33(40)39-32(24-16-27(42-4)28(43-5)17-25(24)36)31(34(41)45-7-2)20(3)38-35(39)47-30/h8-17,32H,6-7,19H2,1-5H3/b30-15-/t32-/m0/s1. The van der Waals surface area contributed by atoms with Crippen LogP contribution < -0.4 is 33.8 Å². The van der Waals surface area contributed by atoms with E-state index in [1.54, 1.807) is 50.3 Å². The molecule has 1 aliphatic heterocycles. The molecule has 0 fully saturated rings.